The van der Waals surface area contributed by atoms with E-state index in [1.165, 1.54) is 0 Å². The number of rotatable bonds is 3. The fourth-order valence-corrected chi connectivity index (χ4v) is 2.09. The molecule has 2 rings (SSSR count). The molecule has 3 N–H and O–H groups in total. The standard InChI is InChI=1S/C11H12ClNO3/c12-8-3-6-1-2-16-10(6)7(4-8)5-9(13)11(14)15/h3-4,9H,1-2,5,13H2,(H,14,15)/t9-/m0/s1. The molecule has 1 aromatic rings. The Morgan fingerprint density at radius 3 is 3.06 bits per heavy atom. The van der Waals surface area contributed by atoms with Gasteiger partial charge in [-0.05, 0) is 23.3 Å². The van der Waals surface area contributed by atoms with Gasteiger partial charge in [0.2, 0.25) is 0 Å². The van der Waals surface area contributed by atoms with E-state index in [4.69, 9.17) is 27.2 Å². The van der Waals surface area contributed by atoms with E-state index >= 15 is 0 Å². The number of carbonyl (C=O) groups is 1. The van der Waals surface area contributed by atoms with Gasteiger partial charge in [0.15, 0.2) is 0 Å². The lowest BCUT2D eigenvalue weighted by molar-refractivity contribution is -0.138. The maximum Gasteiger partial charge on any atom is 0.320 e. The Balaban J connectivity index is 2.30. The third-order valence-corrected chi connectivity index (χ3v) is 2.80. The topological polar surface area (TPSA) is 72.5 Å². The van der Waals surface area contributed by atoms with Crippen LogP contribution in [0.1, 0.15) is 11.1 Å². The first-order valence-electron chi connectivity index (χ1n) is 5.00. The zero-order valence-corrected chi connectivity index (χ0v) is 9.33. The minimum Gasteiger partial charge on any atom is -0.493 e. The fourth-order valence-electron chi connectivity index (χ4n) is 1.82. The van der Waals surface area contributed by atoms with E-state index < -0.39 is 12.0 Å². The van der Waals surface area contributed by atoms with Crippen molar-refractivity contribution in [2.75, 3.05) is 6.61 Å². The number of ether oxygens (including phenoxy) is 1. The summed E-state index contributed by atoms with van der Waals surface area (Å²) in [5, 5.41) is 9.36. The molecule has 4 nitrogen and oxygen atoms in total. The average molecular weight is 242 g/mol. The van der Waals surface area contributed by atoms with Gasteiger partial charge in [0, 0.05) is 17.9 Å². The molecule has 0 unspecified atom stereocenters. The van der Waals surface area contributed by atoms with E-state index in [9.17, 15) is 4.79 Å². The summed E-state index contributed by atoms with van der Waals surface area (Å²) >= 11 is 5.95. The van der Waals surface area contributed by atoms with Crippen LogP contribution < -0.4 is 10.5 Å². The summed E-state index contributed by atoms with van der Waals surface area (Å²) in [7, 11) is 0. The van der Waals surface area contributed by atoms with Crippen LogP contribution in [0.2, 0.25) is 5.02 Å². The molecular formula is C11H12ClNO3. The first kappa shape index (κ1) is 11.2. The monoisotopic (exact) mass is 241 g/mol. The number of benzene rings is 1. The molecule has 1 atom stereocenters. The second kappa shape index (κ2) is 4.31. The summed E-state index contributed by atoms with van der Waals surface area (Å²) < 4.78 is 5.46. The van der Waals surface area contributed by atoms with E-state index in [1.54, 1.807) is 6.07 Å². The summed E-state index contributed by atoms with van der Waals surface area (Å²) in [5.74, 6) is -0.271. The molecule has 1 aliphatic rings. The van der Waals surface area contributed by atoms with E-state index in [2.05, 4.69) is 0 Å². The summed E-state index contributed by atoms with van der Waals surface area (Å²) in [6.07, 6.45) is 1.05. The third-order valence-electron chi connectivity index (χ3n) is 2.58. The van der Waals surface area contributed by atoms with Crippen molar-refractivity contribution >= 4 is 17.6 Å². The number of hydrogen-bond donors (Lipinski definition) is 2. The van der Waals surface area contributed by atoms with Crippen molar-refractivity contribution in [1.29, 1.82) is 0 Å². The minimum absolute atomic E-state index is 0.234. The van der Waals surface area contributed by atoms with Gasteiger partial charge in [0.1, 0.15) is 11.8 Å². The molecule has 86 valence electrons. The number of fused-ring (bicyclic) bond motifs is 1. The lowest BCUT2D eigenvalue weighted by Crippen LogP contribution is -2.32. The zero-order chi connectivity index (χ0) is 11.7. The first-order chi connectivity index (χ1) is 7.58. The largest absolute Gasteiger partial charge is 0.493 e. The van der Waals surface area contributed by atoms with Crippen LogP contribution in [-0.4, -0.2) is 23.7 Å². The SMILES string of the molecule is N[C@@H](Cc1cc(Cl)cc2c1OCC2)C(=O)O. The average Bonchev–Trinajstić information content (AvgIpc) is 2.65. The number of aliphatic carboxylic acids is 1. The van der Waals surface area contributed by atoms with Crippen molar-refractivity contribution in [3.8, 4) is 5.75 Å². The highest BCUT2D eigenvalue weighted by Gasteiger charge is 2.21. The quantitative estimate of drug-likeness (QED) is 0.835. The van der Waals surface area contributed by atoms with Gasteiger partial charge < -0.3 is 15.6 Å². The Labute approximate surface area is 98.0 Å². The number of carboxylic acids is 1. The molecule has 0 radical (unpaired) electrons. The fraction of sp³-hybridized carbons (Fsp3) is 0.364. The lowest BCUT2D eigenvalue weighted by atomic mass is 10.0. The molecule has 0 saturated carbocycles. The maximum atomic E-state index is 10.7. The van der Waals surface area contributed by atoms with Crippen LogP contribution in [0.15, 0.2) is 12.1 Å². The van der Waals surface area contributed by atoms with Gasteiger partial charge in [0.05, 0.1) is 6.61 Å². The van der Waals surface area contributed by atoms with Gasteiger partial charge in [0.25, 0.3) is 0 Å². The molecule has 1 aromatic carbocycles. The normalized spacial score (nSPS) is 15.4. The van der Waals surface area contributed by atoms with Crippen LogP contribution in [0.25, 0.3) is 0 Å². The van der Waals surface area contributed by atoms with E-state index in [1.807, 2.05) is 6.07 Å². The number of carboxylic acid groups (broad SMARTS) is 1. The van der Waals surface area contributed by atoms with E-state index in [0.29, 0.717) is 11.6 Å². The second-order valence-corrected chi connectivity index (χ2v) is 4.24. The highest BCUT2D eigenvalue weighted by molar-refractivity contribution is 6.30. The molecule has 0 saturated heterocycles. The molecule has 16 heavy (non-hydrogen) atoms. The smallest absolute Gasteiger partial charge is 0.320 e. The van der Waals surface area contributed by atoms with E-state index in [-0.39, 0.29) is 6.42 Å². The Morgan fingerprint density at radius 1 is 1.62 bits per heavy atom. The van der Waals surface area contributed by atoms with Crippen LogP contribution in [0, 0.1) is 0 Å². The molecule has 0 aromatic heterocycles. The van der Waals surface area contributed by atoms with Crippen LogP contribution in [0.4, 0.5) is 0 Å². The van der Waals surface area contributed by atoms with Crippen molar-refractivity contribution < 1.29 is 14.6 Å². The molecule has 1 heterocycles. The maximum absolute atomic E-state index is 10.7. The molecule has 1 aliphatic heterocycles. The zero-order valence-electron chi connectivity index (χ0n) is 8.57. The first-order valence-corrected chi connectivity index (χ1v) is 5.38. The molecule has 0 fully saturated rings. The van der Waals surface area contributed by atoms with Crippen molar-refractivity contribution in [3.05, 3.63) is 28.3 Å². The van der Waals surface area contributed by atoms with Gasteiger partial charge in [-0.15, -0.1) is 0 Å². The van der Waals surface area contributed by atoms with Crippen molar-refractivity contribution in [1.82, 2.24) is 0 Å². The van der Waals surface area contributed by atoms with Gasteiger partial charge >= 0.3 is 5.97 Å². The Bertz CT molecular complexity index is 433. The molecule has 0 bridgehead atoms. The van der Waals surface area contributed by atoms with Crippen molar-refractivity contribution in [2.24, 2.45) is 5.73 Å². The third kappa shape index (κ3) is 2.13. The number of nitrogens with two attached hydrogens (primary N) is 1. The predicted octanol–water partition coefficient (Wildman–Crippen LogP) is 1.23. The molecule has 5 heteroatoms. The van der Waals surface area contributed by atoms with Crippen molar-refractivity contribution in [2.45, 2.75) is 18.9 Å². The number of hydrogen-bond acceptors (Lipinski definition) is 3. The highest BCUT2D eigenvalue weighted by Crippen LogP contribution is 2.33. The molecule has 0 spiro atoms. The van der Waals surface area contributed by atoms with Crippen LogP contribution in [0.5, 0.6) is 5.75 Å². The second-order valence-electron chi connectivity index (χ2n) is 3.80. The van der Waals surface area contributed by atoms with Gasteiger partial charge in [-0.25, -0.2) is 0 Å². The minimum atomic E-state index is -1.02. The van der Waals surface area contributed by atoms with Gasteiger partial charge in [-0.1, -0.05) is 11.6 Å². The Kier molecular flexibility index (Phi) is 3.03. The number of halogens is 1. The summed E-state index contributed by atoms with van der Waals surface area (Å²) in [6, 6.07) is 2.64. The molecule has 0 aliphatic carbocycles. The van der Waals surface area contributed by atoms with Crippen LogP contribution in [-0.2, 0) is 17.6 Å². The van der Waals surface area contributed by atoms with Gasteiger partial charge in [-0.2, -0.15) is 0 Å². The van der Waals surface area contributed by atoms with Gasteiger partial charge in [-0.3, -0.25) is 4.79 Å². The van der Waals surface area contributed by atoms with Crippen molar-refractivity contribution in [3.63, 3.8) is 0 Å². The van der Waals surface area contributed by atoms with Crippen LogP contribution in [0.3, 0.4) is 0 Å². The summed E-state index contributed by atoms with van der Waals surface area (Å²) in [5.41, 5.74) is 7.30. The highest BCUT2D eigenvalue weighted by atomic mass is 35.5. The van der Waals surface area contributed by atoms with E-state index in [0.717, 1.165) is 23.3 Å². The summed E-state index contributed by atoms with van der Waals surface area (Å²) in [6.45, 7) is 0.616. The van der Waals surface area contributed by atoms with Crippen LogP contribution >= 0.6 is 11.6 Å². The lowest BCUT2D eigenvalue weighted by Gasteiger charge is -2.11. The summed E-state index contributed by atoms with van der Waals surface area (Å²) in [4.78, 5) is 10.7. The Hall–Kier alpha value is -1.26. The predicted molar refractivity (Wildman–Crippen MR) is 60.0 cm³/mol. The molecular weight excluding hydrogens is 230 g/mol. The Morgan fingerprint density at radius 2 is 2.38 bits per heavy atom. The molecule has 0 amide bonds.